The highest BCUT2D eigenvalue weighted by molar-refractivity contribution is 9.11. The van der Waals surface area contributed by atoms with Gasteiger partial charge in [-0.05, 0) is 47.1 Å². The van der Waals surface area contributed by atoms with Crippen molar-refractivity contribution in [3.63, 3.8) is 0 Å². The first-order valence-corrected chi connectivity index (χ1v) is 12.0. The Balaban J connectivity index is 1.56. The number of nitrogens with one attached hydrogen (secondary N) is 1. The van der Waals surface area contributed by atoms with Gasteiger partial charge in [0.05, 0.1) is 30.8 Å². The number of phenolic OH excluding ortho intramolecular Hbond substituents is 1. The molecular weight excluding hydrogens is 554 g/mol. The molecule has 0 aliphatic carbocycles. The maximum atomic E-state index is 10.2. The second-order valence-electron chi connectivity index (χ2n) is 7.55. The van der Waals surface area contributed by atoms with E-state index in [1.807, 2.05) is 31.2 Å². The summed E-state index contributed by atoms with van der Waals surface area (Å²) in [7, 11) is 0. The second-order valence-corrected chi connectivity index (χ2v) is 9.32. The molecule has 11 heteroatoms. The van der Waals surface area contributed by atoms with E-state index >= 15 is 0 Å². The number of ether oxygens (including phenoxy) is 1. The largest absolute Gasteiger partial charge is 0.506 e. The summed E-state index contributed by atoms with van der Waals surface area (Å²) in [6, 6.07) is 11.5. The molecule has 0 unspecified atom stereocenters. The number of hydrogen-bond donors (Lipinski definition) is 2. The Labute approximate surface area is 208 Å². The fraction of sp³-hybridized carbons (Fsp3) is 0.318. The van der Waals surface area contributed by atoms with Gasteiger partial charge in [-0.1, -0.05) is 33.6 Å². The third kappa shape index (κ3) is 6.76. The zero-order valence-electron chi connectivity index (χ0n) is 18.0. The Morgan fingerprint density at radius 2 is 1.85 bits per heavy atom. The van der Waals surface area contributed by atoms with Crippen LogP contribution in [0.3, 0.4) is 0 Å². The van der Waals surface area contributed by atoms with Crippen molar-refractivity contribution >= 4 is 49.4 Å². The number of halogens is 2. The molecule has 2 aromatic carbocycles. The summed E-state index contributed by atoms with van der Waals surface area (Å²) in [5, 5.41) is 21.9. The van der Waals surface area contributed by atoms with Crippen molar-refractivity contribution in [1.82, 2.24) is 19.9 Å². The van der Waals surface area contributed by atoms with Gasteiger partial charge in [-0.2, -0.15) is 20.1 Å². The first-order valence-electron chi connectivity index (χ1n) is 10.4. The summed E-state index contributed by atoms with van der Waals surface area (Å²) < 4.78 is 6.84. The van der Waals surface area contributed by atoms with E-state index in [1.54, 1.807) is 12.1 Å². The van der Waals surface area contributed by atoms with E-state index < -0.39 is 0 Å². The standard InChI is InChI=1S/C22H23Br2N7O2/c1-14-2-4-17(5-3-14)26-21-27-19(13-31-6-8-33-9-7-31)28-22(29-21)30-25-12-15-10-16(23)11-18(24)20(15)32/h2-5,10-11,32H,6-9,12-13H2,1H3,(H,26,27,28,29). The average Bonchev–Trinajstić information content (AvgIpc) is 2.79. The fourth-order valence-corrected chi connectivity index (χ4v) is 4.53. The smallest absolute Gasteiger partial charge is 0.273 e. The number of morpholine rings is 1. The summed E-state index contributed by atoms with van der Waals surface area (Å²) in [5.41, 5.74) is 2.66. The summed E-state index contributed by atoms with van der Waals surface area (Å²) in [6.45, 7) is 5.80. The summed E-state index contributed by atoms with van der Waals surface area (Å²) in [5.74, 6) is 1.33. The first kappa shape index (κ1) is 23.7. The SMILES string of the molecule is Cc1ccc(Nc2nc(CN3CCOCC3)nc(N=NCc3cc(Br)cc(Br)c3O)n2)cc1. The number of aromatic nitrogens is 3. The molecule has 1 aliphatic rings. The number of hydrogen-bond acceptors (Lipinski definition) is 9. The number of aromatic hydroxyl groups is 1. The molecule has 0 saturated carbocycles. The van der Waals surface area contributed by atoms with Gasteiger partial charge >= 0.3 is 0 Å². The molecule has 3 aromatic rings. The number of anilines is 2. The van der Waals surface area contributed by atoms with Crippen molar-refractivity contribution in [3.8, 4) is 5.75 Å². The molecule has 172 valence electrons. The Morgan fingerprint density at radius 1 is 1.09 bits per heavy atom. The normalized spacial score (nSPS) is 14.6. The van der Waals surface area contributed by atoms with Crippen LogP contribution < -0.4 is 5.32 Å². The molecule has 0 atom stereocenters. The molecule has 0 amide bonds. The van der Waals surface area contributed by atoms with Gasteiger partial charge in [-0.25, -0.2) is 0 Å². The molecule has 0 bridgehead atoms. The predicted molar refractivity (Wildman–Crippen MR) is 132 cm³/mol. The van der Waals surface area contributed by atoms with Crippen molar-refractivity contribution in [2.45, 2.75) is 20.0 Å². The number of rotatable bonds is 7. The molecule has 0 radical (unpaired) electrons. The molecule has 1 aromatic heterocycles. The highest BCUT2D eigenvalue weighted by Crippen LogP contribution is 2.32. The van der Waals surface area contributed by atoms with Gasteiger partial charge in [0.2, 0.25) is 5.95 Å². The average molecular weight is 577 g/mol. The lowest BCUT2D eigenvalue weighted by Gasteiger charge is -2.25. The van der Waals surface area contributed by atoms with E-state index in [0.717, 1.165) is 23.2 Å². The third-order valence-corrected chi connectivity index (χ3v) is 6.02. The summed E-state index contributed by atoms with van der Waals surface area (Å²) in [4.78, 5) is 15.7. The number of phenols is 1. The van der Waals surface area contributed by atoms with Gasteiger partial charge in [-0.15, -0.1) is 5.11 Å². The zero-order chi connectivity index (χ0) is 23.2. The minimum absolute atomic E-state index is 0.127. The number of aryl methyl sites for hydroxylation is 1. The van der Waals surface area contributed by atoms with Gasteiger partial charge in [-0.3, -0.25) is 4.90 Å². The molecule has 1 fully saturated rings. The van der Waals surface area contributed by atoms with E-state index in [0.29, 0.717) is 41.6 Å². The second kappa shape index (κ2) is 11.1. The molecule has 9 nitrogen and oxygen atoms in total. The van der Waals surface area contributed by atoms with Crippen molar-refractivity contribution in [2.24, 2.45) is 10.2 Å². The van der Waals surface area contributed by atoms with Crippen LogP contribution >= 0.6 is 31.9 Å². The minimum Gasteiger partial charge on any atom is -0.506 e. The number of azo groups is 1. The molecule has 2 N–H and O–H groups in total. The van der Waals surface area contributed by atoms with E-state index in [4.69, 9.17) is 4.74 Å². The van der Waals surface area contributed by atoms with Crippen LogP contribution in [0.2, 0.25) is 0 Å². The van der Waals surface area contributed by atoms with Crippen LogP contribution in [0.1, 0.15) is 17.0 Å². The molecule has 4 rings (SSSR count). The molecular formula is C22H23Br2N7O2. The monoisotopic (exact) mass is 575 g/mol. The molecule has 1 saturated heterocycles. The lowest BCUT2D eigenvalue weighted by molar-refractivity contribution is 0.0330. The van der Waals surface area contributed by atoms with Crippen molar-refractivity contribution < 1.29 is 9.84 Å². The van der Waals surface area contributed by atoms with Gasteiger partial charge in [0, 0.05) is 28.8 Å². The van der Waals surface area contributed by atoms with E-state index in [1.165, 1.54) is 5.56 Å². The van der Waals surface area contributed by atoms with Crippen LogP contribution in [0.15, 0.2) is 55.6 Å². The summed E-state index contributed by atoms with van der Waals surface area (Å²) >= 11 is 6.75. The maximum absolute atomic E-state index is 10.2. The van der Waals surface area contributed by atoms with Gasteiger partial charge in [0.25, 0.3) is 5.95 Å². The molecule has 1 aliphatic heterocycles. The number of nitrogens with zero attached hydrogens (tertiary/aromatic N) is 6. The Morgan fingerprint density at radius 3 is 2.61 bits per heavy atom. The lowest BCUT2D eigenvalue weighted by Crippen LogP contribution is -2.36. The fourth-order valence-electron chi connectivity index (χ4n) is 3.22. The quantitative estimate of drug-likeness (QED) is 0.369. The van der Waals surface area contributed by atoms with E-state index in [2.05, 4.69) is 67.3 Å². The van der Waals surface area contributed by atoms with Crippen molar-refractivity contribution in [1.29, 1.82) is 0 Å². The van der Waals surface area contributed by atoms with Crippen LogP contribution in [0.5, 0.6) is 5.75 Å². The molecule has 0 spiro atoms. The maximum Gasteiger partial charge on any atom is 0.273 e. The predicted octanol–water partition coefficient (Wildman–Crippen LogP) is 5.27. The molecule has 2 heterocycles. The van der Waals surface area contributed by atoms with Crippen LogP contribution in [0.4, 0.5) is 17.6 Å². The highest BCUT2D eigenvalue weighted by Gasteiger charge is 2.15. The van der Waals surface area contributed by atoms with Crippen LogP contribution in [-0.4, -0.2) is 51.3 Å². The Bertz CT molecular complexity index is 1140. The van der Waals surface area contributed by atoms with Crippen molar-refractivity contribution in [3.05, 3.63) is 62.3 Å². The van der Waals surface area contributed by atoms with E-state index in [9.17, 15) is 5.11 Å². The Hall–Kier alpha value is -2.47. The van der Waals surface area contributed by atoms with Gasteiger partial charge < -0.3 is 15.2 Å². The van der Waals surface area contributed by atoms with Crippen LogP contribution in [0, 0.1) is 6.92 Å². The summed E-state index contributed by atoms with van der Waals surface area (Å²) in [6.07, 6.45) is 0. The van der Waals surface area contributed by atoms with E-state index in [-0.39, 0.29) is 18.2 Å². The van der Waals surface area contributed by atoms with Crippen LogP contribution in [-0.2, 0) is 17.8 Å². The molecule has 33 heavy (non-hydrogen) atoms. The first-order chi connectivity index (χ1) is 16.0. The van der Waals surface area contributed by atoms with Gasteiger partial charge in [0.15, 0.2) is 5.82 Å². The lowest BCUT2D eigenvalue weighted by atomic mass is 10.2. The Kier molecular flexibility index (Phi) is 7.97. The zero-order valence-corrected chi connectivity index (χ0v) is 21.2. The minimum atomic E-state index is 0.127. The third-order valence-electron chi connectivity index (χ3n) is 4.95. The van der Waals surface area contributed by atoms with Gasteiger partial charge in [0.1, 0.15) is 5.75 Å². The number of benzene rings is 2. The van der Waals surface area contributed by atoms with Crippen LogP contribution in [0.25, 0.3) is 0 Å². The highest BCUT2D eigenvalue weighted by atomic mass is 79.9. The topological polar surface area (TPSA) is 108 Å². The van der Waals surface area contributed by atoms with Crippen molar-refractivity contribution in [2.75, 3.05) is 31.6 Å².